The van der Waals surface area contributed by atoms with Crippen LogP contribution in [0.5, 0.6) is 0 Å². The Bertz CT molecular complexity index is 1550. The molecule has 0 radical (unpaired) electrons. The summed E-state index contributed by atoms with van der Waals surface area (Å²) in [4.78, 5) is 33.2. The van der Waals surface area contributed by atoms with Crippen LogP contribution in [0.3, 0.4) is 0 Å². The SMILES string of the molecule is O=C(NNC(=O)c1ccccc1Nc1ccc2c(/C=C/c3ccccn3)n[nH]c2c1)c1ccccn1. The number of carbonyl (C=O) groups excluding carboxylic acids is 2. The van der Waals surface area contributed by atoms with Crippen LogP contribution < -0.4 is 16.2 Å². The zero-order valence-corrected chi connectivity index (χ0v) is 19.0. The monoisotopic (exact) mass is 475 g/mol. The van der Waals surface area contributed by atoms with Crippen LogP contribution in [-0.4, -0.2) is 32.0 Å². The quantitative estimate of drug-likeness (QED) is 0.271. The molecule has 2 amide bonds. The minimum absolute atomic E-state index is 0.200. The fourth-order valence-electron chi connectivity index (χ4n) is 3.57. The van der Waals surface area contributed by atoms with Crippen molar-refractivity contribution < 1.29 is 9.59 Å². The van der Waals surface area contributed by atoms with Gasteiger partial charge in [0, 0.05) is 23.5 Å². The van der Waals surface area contributed by atoms with Gasteiger partial charge in [-0.25, -0.2) is 0 Å². The molecule has 3 heterocycles. The predicted molar refractivity (Wildman–Crippen MR) is 138 cm³/mol. The van der Waals surface area contributed by atoms with E-state index in [0.29, 0.717) is 11.3 Å². The Hall–Kier alpha value is -5.31. The van der Waals surface area contributed by atoms with Crippen molar-refractivity contribution in [2.75, 3.05) is 5.32 Å². The molecule has 5 aromatic rings. The Morgan fingerprint density at radius 3 is 2.36 bits per heavy atom. The first-order valence-corrected chi connectivity index (χ1v) is 11.1. The number of hydrogen-bond donors (Lipinski definition) is 4. The number of pyridine rings is 2. The molecule has 0 saturated carbocycles. The van der Waals surface area contributed by atoms with Crippen molar-refractivity contribution in [3.05, 3.63) is 114 Å². The predicted octanol–water partition coefficient (Wildman–Crippen LogP) is 4.34. The maximum Gasteiger partial charge on any atom is 0.288 e. The number of para-hydroxylation sites is 1. The lowest BCUT2D eigenvalue weighted by atomic mass is 10.1. The number of nitrogens with one attached hydrogen (secondary N) is 4. The van der Waals surface area contributed by atoms with Crippen molar-refractivity contribution in [1.82, 2.24) is 31.0 Å². The first kappa shape index (κ1) is 22.5. The molecule has 0 fully saturated rings. The van der Waals surface area contributed by atoms with Gasteiger partial charge in [-0.05, 0) is 66.7 Å². The summed E-state index contributed by atoms with van der Waals surface area (Å²) in [5.41, 5.74) is 9.21. The molecule has 9 heteroatoms. The molecule has 0 spiro atoms. The van der Waals surface area contributed by atoms with Crippen LogP contribution in [0, 0.1) is 0 Å². The summed E-state index contributed by atoms with van der Waals surface area (Å²) in [5, 5.41) is 11.7. The Balaban J connectivity index is 1.30. The van der Waals surface area contributed by atoms with E-state index in [1.54, 1.807) is 42.6 Å². The minimum atomic E-state index is -0.507. The zero-order valence-electron chi connectivity index (χ0n) is 19.0. The fraction of sp³-hybridized carbons (Fsp3) is 0. The van der Waals surface area contributed by atoms with Gasteiger partial charge >= 0.3 is 0 Å². The molecule has 0 bridgehead atoms. The Morgan fingerprint density at radius 2 is 1.56 bits per heavy atom. The first-order chi connectivity index (χ1) is 17.7. The third-order valence-corrected chi connectivity index (χ3v) is 5.33. The number of anilines is 2. The Labute approximate surface area is 206 Å². The van der Waals surface area contributed by atoms with Crippen molar-refractivity contribution in [3.8, 4) is 0 Å². The van der Waals surface area contributed by atoms with Crippen molar-refractivity contribution in [2.24, 2.45) is 0 Å². The summed E-state index contributed by atoms with van der Waals surface area (Å²) >= 11 is 0. The van der Waals surface area contributed by atoms with Gasteiger partial charge in [0.05, 0.1) is 28.2 Å². The fourth-order valence-corrected chi connectivity index (χ4v) is 3.57. The van der Waals surface area contributed by atoms with Crippen LogP contribution in [-0.2, 0) is 0 Å². The number of amides is 2. The van der Waals surface area contributed by atoms with E-state index in [9.17, 15) is 9.59 Å². The van der Waals surface area contributed by atoms with Gasteiger partial charge in [0.15, 0.2) is 0 Å². The highest BCUT2D eigenvalue weighted by Crippen LogP contribution is 2.26. The van der Waals surface area contributed by atoms with Crippen LogP contribution in [0.2, 0.25) is 0 Å². The number of rotatable bonds is 6. The van der Waals surface area contributed by atoms with E-state index >= 15 is 0 Å². The lowest BCUT2D eigenvalue weighted by Crippen LogP contribution is -2.42. The molecule has 0 saturated heterocycles. The largest absolute Gasteiger partial charge is 0.355 e. The summed E-state index contributed by atoms with van der Waals surface area (Å²) in [5.74, 6) is -0.973. The Morgan fingerprint density at radius 1 is 0.778 bits per heavy atom. The van der Waals surface area contributed by atoms with Gasteiger partial charge in [-0.2, -0.15) is 5.10 Å². The average Bonchev–Trinajstić information content (AvgIpc) is 3.34. The molecule has 176 valence electrons. The van der Waals surface area contributed by atoms with Gasteiger partial charge < -0.3 is 5.32 Å². The zero-order chi connectivity index (χ0) is 24.7. The molecular formula is C27H21N7O2. The van der Waals surface area contributed by atoms with Crippen molar-refractivity contribution >= 4 is 46.2 Å². The van der Waals surface area contributed by atoms with Crippen molar-refractivity contribution in [3.63, 3.8) is 0 Å². The molecule has 4 N–H and O–H groups in total. The van der Waals surface area contributed by atoms with Crippen molar-refractivity contribution in [2.45, 2.75) is 0 Å². The van der Waals surface area contributed by atoms with Gasteiger partial charge in [-0.1, -0.05) is 24.3 Å². The number of H-pyrrole nitrogens is 1. The number of fused-ring (bicyclic) bond motifs is 1. The van der Waals surface area contributed by atoms with Gasteiger partial charge in [0.25, 0.3) is 11.8 Å². The number of aromatic nitrogens is 4. The number of hydrogen-bond acceptors (Lipinski definition) is 6. The molecule has 5 rings (SSSR count). The highest BCUT2D eigenvalue weighted by Gasteiger charge is 2.14. The molecule has 0 atom stereocenters. The summed E-state index contributed by atoms with van der Waals surface area (Å²) in [7, 11) is 0. The number of nitrogens with zero attached hydrogens (tertiary/aromatic N) is 3. The van der Waals surface area contributed by atoms with Gasteiger partial charge in [0.2, 0.25) is 0 Å². The number of hydrazine groups is 1. The number of carbonyl (C=O) groups is 2. The smallest absolute Gasteiger partial charge is 0.288 e. The maximum absolute atomic E-state index is 12.8. The summed E-state index contributed by atoms with van der Waals surface area (Å²) < 4.78 is 0. The van der Waals surface area contributed by atoms with Gasteiger partial charge in [-0.3, -0.25) is 35.5 Å². The number of aromatic amines is 1. The normalized spacial score (nSPS) is 10.9. The molecule has 0 aliphatic heterocycles. The molecule has 36 heavy (non-hydrogen) atoms. The van der Waals surface area contributed by atoms with Crippen LogP contribution in [0.25, 0.3) is 23.1 Å². The van der Waals surface area contributed by atoms with Crippen LogP contribution in [0.4, 0.5) is 11.4 Å². The molecule has 0 aliphatic rings. The standard InChI is InChI=1S/C27H21N7O2/c35-26(33-34-27(36)24-10-4-6-16-29-24)21-8-1-2-9-22(21)30-19-11-13-20-23(31-32-25(20)17-19)14-12-18-7-3-5-15-28-18/h1-17,30H,(H,31,32)(H,33,35)(H,34,36)/b14-12+. The summed E-state index contributed by atoms with van der Waals surface area (Å²) in [6.07, 6.45) is 7.06. The van der Waals surface area contributed by atoms with E-state index in [0.717, 1.165) is 28.0 Å². The summed E-state index contributed by atoms with van der Waals surface area (Å²) in [6, 6.07) is 23.5. The maximum atomic E-state index is 12.8. The second kappa shape index (κ2) is 10.3. The molecule has 3 aromatic heterocycles. The minimum Gasteiger partial charge on any atom is -0.355 e. The highest BCUT2D eigenvalue weighted by molar-refractivity contribution is 6.02. The van der Waals surface area contributed by atoms with Crippen molar-refractivity contribution in [1.29, 1.82) is 0 Å². The lowest BCUT2D eigenvalue weighted by Gasteiger charge is -2.13. The van der Waals surface area contributed by atoms with E-state index in [1.165, 1.54) is 6.20 Å². The van der Waals surface area contributed by atoms with Crippen LogP contribution in [0.15, 0.2) is 91.3 Å². The highest BCUT2D eigenvalue weighted by atomic mass is 16.2. The third kappa shape index (κ3) is 5.10. The van der Waals surface area contributed by atoms with Crippen LogP contribution in [0.1, 0.15) is 32.2 Å². The third-order valence-electron chi connectivity index (χ3n) is 5.33. The van der Waals surface area contributed by atoms with E-state index in [4.69, 9.17) is 0 Å². The second-order valence-corrected chi connectivity index (χ2v) is 7.75. The molecule has 0 unspecified atom stereocenters. The topological polar surface area (TPSA) is 125 Å². The Kier molecular flexibility index (Phi) is 6.44. The average molecular weight is 476 g/mol. The van der Waals surface area contributed by atoms with E-state index in [2.05, 4.69) is 36.3 Å². The van der Waals surface area contributed by atoms with Crippen LogP contribution >= 0.6 is 0 Å². The molecule has 0 aliphatic carbocycles. The van der Waals surface area contributed by atoms with Gasteiger partial charge in [-0.15, -0.1) is 0 Å². The van der Waals surface area contributed by atoms with E-state index < -0.39 is 11.8 Å². The number of benzene rings is 2. The molecule has 2 aromatic carbocycles. The molecular weight excluding hydrogens is 454 g/mol. The summed E-state index contributed by atoms with van der Waals surface area (Å²) in [6.45, 7) is 0. The lowest BCUT2D eigenvalue weighted by molar-refractivity contribution is 0.0844. The second-order valence-electron chi connectivity index (χ2n) is 7.75. The first-order valence-electron chi connectivity index (χ1n) is 11.1. The van der Waals surface area contributed by atoms with E-state index in [1.807, 2.05) is 54.6 Å². The molecule has 9 nitrogen and oxygen atoms in total. The van der Waals surface area contributed by atoms with Gasteiger partial charge in [0.1, 0.15) is 5.69 Å². The van der Waals surface area contributed by atoms with E-state index in [-0.39, 0.29) is 5.69 Å².